The quantitative estimate of drug-likeness (QED) is 0.831. The van der Waals surface area contributed by atoms with Crippen LogP contribution in [0.3, 0.4) is 0 Å². The Balaban J connectivity index is 2.59. The van der Waals surface area contributed by atoms with E-state index >= 15 is 0 Å². The molecular weight excluding hydrogens is 236 g/mol. The lowest BCUT2D eigenvalue weighted by Gasteiger charge is -2.06. The molecule has 88 valence electrons. The number of rotatable bonds is 2. The van der Waals surface area contributed by atoms with Crippen molar-refractivity contribution in [1.29, 1.82) is 0 Å². The Labute approximate surface area is 100 Å². The van der Waals surface area contributed by atoms with Gasteiger partial charge in [-0.25, -0.2) is 0 Å². The van der Waals surface area contributed by atoms with Crippen molar-refractivity contribution >= 4 is 10.1 Å². The van der Waals surface area contributed by atoms with Crippen molar-refractivity contribution in [2.24, 2.45) is 0 Å². The molecule has 0 aliphatic carbocycles. The first-order valence-electron chi connectivity index (χ1n) is 5.12. The molecule has 17 heavy (non-hydrogen) atoms. The van der Waals surface area contributed by atoms with Gasteiger partial charge in [-0.3, -0.25) is 4.55 Å². The summed E-state index contributed by atoms with van der Waals surface area (Å²) in [6.45, 7) is 1.95. The van der Waals surface area contributed by atoms with Crippen LogP contribution >= 0.6 is 0 Å². The molecule has 2 rings (SSSR count). The van der Waals surface area contributed by atoms with Crippen LogP contribution in [0.5, 0.6) is 0 Å². The molecule has 0 aromatic heterocycles. The molecule has 0 fully saturated rings. The average molecular weight is 248 g/mol. The third kappa shape index (κ3) is 2.54. The van der Waals surface area contributed by atoms with Crippen molar-refractivity contribution in [3.63, 3.8) is 0 Å². The second kappa shape index (κ2) is 4.31. The van der Waals surface area contributed by atoms with E-state index in [1.807, 2.05) is 37.3 Å². The Morgan fingerprint density at radius 1 is 1.00 bits per heavy atom. The Hall–Kier alpha value is -1.65. The Morgan fingerprint density at radius 2 is 1.71 bits per heavy atom. The van der Waals surface area contributed by atoms with Gasteiger partial charge in [-0.05, 0) is 35.7 Å². The zero-order valence-corrected chi connectivity index (χ0v) is 10.1. The van der Waals surface area contributed by atoms with Crippen LogP contribution in [0.1, 0.15) is 5.56 Å². The van der Waals surface area contributed by atoms with Crippen molar-refractivity contribution in [3.8, 4) is 11.1 Å². The molecule has 0 unspecified atom stereocenters. The van der Waals surface area contributed by atoms with Crippen LogP contribution in [-0.2, 0) is 10.1 Å². The van der Waals surface area contributed by atoms with Gasteiger partial charge in [0.05, 0.1) is 4.90 Å². The van der Waals surface area contributed by atoms with Crippen LogP contribution < -0.4 is 0 Å². The van der Waals surface area contributed by atoms with E-state index in [-0.39, 0.29) is 4.90 Å². The molecule has 0 saturated carbocycles. The number of hydrogen-bond acceptors (Lipinski definition) is 2. The molecule has 0 radical (unpaired) electrons. The molecule has 0 amide bonds. The molecule has 1 N–H and O–H groups in total. The van der Waals surface area contributed by atoms with Crippen molar-refractivity contribution in [2.75, 3.05) is 0 Å². The molecule has 0 atom stereocenters. The Bertz CT molecular complexity index is 645. The molecule has 2 aromatic rings. The summed E-state index contributed by atoms with van der Waals surface area (Å²) < 4.78 is 31.1. The maximum atomic E-state index is 11.1. The maximum Gasteiger partial charge on any atom is 0.294 e. The van der Waals surface area contributed by atoms with Gasteiger partial charge in [0.15, 0.2) is 0 Å². The van der Waals surface area contributed by atoms with Gasteiger partial charge >= 0.3 is 0 Å². The Kier molecular flexibility index (Phi) is 3.00. The molecule has 0 heterocycles. The SMILES string of the molecule is Cc1ccccc1-c1cccc(S(=O)(=O)O)c1. The van der Waals surface area contributed by atoms with Gasteiger partial charge in [-0.1, -0.05) is 36.4 Å². The van der Waals surface area contributed by atoms with Crippen LogP contribution in [0.2, 0.25) is 0 Å². The maximum absolute atomic E-state index is 11.1. The van der Waals surface area contributed by atoms with Crippen molar-refractivity contribution < 1.29 is 13.0 Å². The zero-order chi connectivity index (χ0) is 12.5. The molecule has 0 spiro atoms. The first kappa shape index (κ1) is 11.8. The molecule has 4 heteroatoms. The van der Waals surface area contributed by atoms with E-state index in [4.69, 9.17) is 4.55 Å². The highest BCUT2D eigenvalue weighted by atomic mass is 32.2. The van der Waals surface area contributed by atoms with Gasteiger partial charge in [-0.2, -0.15) is 8.42 Å². The van der Waals surface area contributed by atoms with Crippen LogP contribution in [0, 0.1) is 6.92 Å². The summed E-state index contributed by atoms with van der Waals surface area (Å²) in [5, 5.41) is 0. The number of aryl methyl sites for hydroxylation is 1. The molecule has 2 aromatic carbocycles. The van der Waals surface area contributed by atoms with E-state index in [9.17, 15) is 8.42 Å². The van der Waals surface area contributed by atoms with Crippen LogP contribution in [0.25, 0.3) is 11.1 Å². The third-order valence-electron chi connectivity index (χ3n) is 2.59. The van der Waals surface area contributed by atoms with Crippen LogP contribution in [0.4, 0.5) is 0 Å². The molecule has 0 aliphatic heterocycles. The van der Waals surface area contributed by atoms with Crippen molar-refractivity contribution in [1.82, 2.24) is 0 Å². The van der Waals surface area contributed by atoms with Gasteiger partial charge < -0.3 is 0 Å². The minimum absolute atomic E-state index is 0.0850. The largest absolute Gasteiger partial charge is 0.294 e. The molecule has 3 nitrogen and oxygen atoms in total. The van der Waals surface area contributed by atoms with Gasteiger partial charge in [-0.15, -0.1) is 0 Å². The topological polar surface area (TPSA) is 54.4 Å². The number of hydrogen-bond donors (Lipinski definition) is 1. The van der Waals surface area contributed by atoms with Gasteiger partial charge in [0.2, 0.25) is 0 Å². The van der Waals surface area contributed by atoms with E-state index in [1.165, 1.54) is 12.1 Å². The minimum Gasteiger partial charge on any atom is -0.282 e. The van der Waals surface area contributed by atoms with Crippen molar-refractivity contribution in [3.05, 3.63) is 54.1 Å². The molecule has 0 aliphatic rings. The normalized spacial score (nSPS) is 11.4. The Morgan fingerprint density at radius 3 is 2.35 bits per heavy atom. The lowest BCUT2D eigenvalue weighted by molar-refractivity contribution is 0.483. The zero-order valence-electron chi connectivity index (χ0n) is 9.29. The summed E-state index contributed by atoms with van der Waals surface area (Å²) in [5.74, 6) is 0. The van der Waals surface area contributed by atoms with Gasteiger partial charge in [0, 0.05) is 0 Å². The van der Waals surface area contributed by atoms with Crippen molar-refractivity contribution in [2.45, 2.75) is 11.8 Å². The fraction of sp³-hybridized carbons (Fsp3) is 0.0769. The highest BCUT2D eigenvalue weighted by molar-refractivity contribution is 7.85. The summed E-state index contributed by atoms with van der Waals surface area (Å²) in [4.78, 5) is -0.0850. The highest BCUT2D eigenvalue weighted by Gasteiger charge is 2.10. The second-order valence-electron chi connectivity index (χ2n) is 3.82. The smallest absolute Gasteiger partial charge is 0.282 e. The van der Waals surface area contributed by atoms with Gasteiger partial charge in [0.25, 0.3) is 10.1 Å². The lowest BCUT2D eigenvalue weighted by Crippen LogP contribution is -1.97. The van der Waals surface area contributed by atoms with Crippen LogP contribution in [-0.4, -0.2) is 13.0 Å². The fourth-order valence-corrected chi connectivity index (χ4v) is 2.25. The van der Waals surface area contributed by atoms with Crippen LogP contribution in [0.15, 0.2) is 53.4 Å². The van der Waals surface area contributed by atoms with E-state index in [0.717, 1.165) is 16.7 Å². The lowest BCUT2D eigenvalue weighted by atomic mass is 10.0. The first-order chi connectivity index (χ1) is 7.98. The van der Waals surface area contributed by atoms with Gasteiger partial charge in [0.1, 0.15) is 0 Å². The first-order valence-corrected chi connectivity index (χ1v) is 6.56. The van der Waals surface area contributed by atoms with E-state index < -0.39 is 10.1 Å². The predicted octanol–water partition coefficient (Wildman–Crippen LogP) is 2.91. The van der Waals surface area contributed by atoms with E-state index in [0.29, 0.717) is 0 Å². The highest BCUT2D eigenvalue weighted by Crippen LogP contribution is 2.25. The summed E-state index contributed by atoms with van der Waals surface area (Å²) in [5.41, 5.74) is 2.79. The summed E-state index contributed by atoms with van der Waals surface area (Å²) in [7, 11) is -4.15. The monoisotopic (exact) mass is 248 g/mol. The molecule has 0 saturated heterocycles. The summed E-state index contributed by atoms with van der Waals surface area (Å²) in [6, 6.07) is 14.0. The van der Waals surface area contributed by atoms with E-state index in [1.54, 1.807) is 6.07 Å². The molecule has 0 bridgehead atoms. The van der Waals surface area contributed by atoms with E-state index in [2.05, 4.69) is 0 Å². The predicted molar refractivity (Wildman–Crippen MR) is 66.4 cm³/mol. The standard InChI is InChI=1S/C13H12O3S/c1-10-5-2-3-8-13(10)11-6-4-7-12(9-11)17(14,15)16/h2-9H,1H3,(H,14,15,16). The fourth-order valence-electron chi connectivity index (χ4n) is 1.72. The summed E-state index contributed by atoms with van der Waals surface area (Å²) in [6.07, 6.45) is 0. The second-order valence-corrected chi connectivity index (χ2v) is 5.24. The summed E-state index contributed by atoms with van der Waals surface area (Å²) >= 11 is 0. The number of benzene rings is 2. The minimum atomic E-state index is -4.15. The molecular formula is C13H12O3S. The average Bonchev–Trinajstić information content (AvgIpc) is 2.29. The third-order valence-corrected chi connectivity index (χ3v) is 3.44.